The maximum absolute atomic E-state index is 12.7. The first-order valence-corrected chi connectivity index (χ1v) is 13.5. The minimum Gasteiger partial charge on any atom is -0.355 e. The molecule has 1 aromatic carbocycles. The van der Waals surface area contributed by atoms with E-state index in [-0.39, 0.29) is 5.91 Å². The summed E-state index contributed by atoms with van der Waals surface area (Å²) < 4.78 is 2.00. The average Bonchev–Trinajstić information content (AvgIpc) is 3.27. The van der Waals surface area contributed by atoms with Crippen LogP contribution in [0.5, 0.6) is 0 Å². The van der Waals surface area contributed by atoms with Crippen molar-refractivity contribution in [1.29, 1.82) is 0 Å². The van der Waals surface area contributed by atoms with Crippen LogP contribution in [0.15, 0.2) is 60.0 Å². The van der Waals surface area contributed by atoms with Gasteiger partial charge in [0, 0.05) is 30.2 Å². The number of aromatic nitrogens is 4. The number of hydrogen-bond donors (Lipinski definition) is 1. The van der Waals surface area contributed by atoms with Crippen molar-refractivity contribution in [3.05, 3.63) is 54.9 Å². The molecule has 0 spiro atoms. The molecule has 3 aromatic rings. The van der Waals surface area contributed by atoms with Gasteiger partial charge in [-0.2, -0.15) is 0 Å². The van der Waals surface area contributed by atoms with E-state index in [1.54, 1.807) is 12.4 Å². The predicted molar refractivity (Wildman–Crippen MR) is 134 cm³/mol. The number of amides is 1. The topological polar surface area (TPSA) is 72.7 Å². The summed E-state index contributed by atoms with van der Waals surface area (Å²) in [4.78, 5) is 17.0. The number of nitrogens with zero attached hydrogens (tertiary/aromatic N) is 4. The molecule has 0 unspecified atom stereocenters. The zero-order valence-corrected chi connectivity index (χ0v) is 20.2. The van der Waals surface area contributed by atoms with Gasteiger partial charge in [0.05, 0.1) is 5.75 Å². The molecular formula is C27H31N5OS. The Bertz CT molecular complexity index is 1110. The van der Waals surface area contributed by atoms with Crippen LogP contribution in [0.2, 0.25) is 0 Å². The van der Waals surface area contributed by atoms with Crippen molar-refractivity contribution in [3.8, 4) is 17.1 Å². The van der Waals surface area contributed by atoms with E-state index in [9.17, 15) is 4.79 Å². The minimum absolute atomic E-state index is 0.0697. The molecule has 0 atom stereocenters. The number of carbonyl (C=O) groups is 1. The third-order valence-corrected chi connectivity index (χ3v) is 8.97. The van der Waals surface area contributed by atoms with Gasteiger partial charge in [0.2, 0.25) is 5.91 Å². The highest BCUT2D eigenvalue weighted by molar-refractivity contribution is 7.99. The molecule has 4 aliphatic carbocycles. The van der Waals surface area contributed by atoms with Crippen LogP contribution in [0.25, 0.3) is 17.1 Å². The van der Waals surface area contributed by atoms with Crippen molar-refractivity contribution in [2.24, 2.45) is 23.2 Å². The van der Waals surface area contributed by atoms with Crippen molar-refractivity contribution < 1.29 is 4.79 Å². The minimum atomic E-state index is 0.0697. The van der Waals surface area contributed by atoms with Gasteiger partial charge in [0.25, 0.3) is 0 Å². The number of thioether (sulfide) groups is 1. The van der Waals surface area contributed by atoms with Crippen LogP contribution in [0.1, 0.15) is 44.9 Å². The highest BCUT2D eigenvalue weighted by Gasteiger charge is 2.50. The van der Waals surface area contributed by atoms with Gasteiger partial charge >= 0.3 is 0 Å². The van der Waals surface area contributed by atoms with Crippen LogP contribution in [-0.2, 0) is 4.79 Å². The lowest BCUT2D eigenvalue weighted by molar-refractivity contribution is -0.119. The third-order valence-electron chi connectivity index (χ3n) is 8.04. The van der Waals surface area contributed by atoms with Gasteiger partial charge in [-0.05, 0) is 92.4 Å². The number of nitrogens with one attached hydrogen (secondary N) is 1. The molecule has 0 aliphatic heterocycles. The Morgan fingerprint density at radius 1 is 1.00 bits per heavy atom. The number of benzene rings is 1. The second kappa shape index (κ2) is 9.17. The van der Waals surface area contributed by atoms with Crippen LogP contribution < -0.4 is 5.32 Å². The molecule has 4 bridgehead atoms. The Morgan fingerprint density at radius 2 is 1.74 bits per heavy atom. The summed E-state index contributed by atoms with van der Waals surface area (Å²) in [5, 5.41) is 12.8. The first-order valence-electron chi connectivity index (χ1n) is 12.5. The molecular weight excluding hydrogens is 442 g/mol. The Morgan fingerprint density at radius 3 is 2.41 bits per heavy atom. The second-order valence-electron chi connectivity index (χ2n) is 10.5. The normalized spacial score (nSPS) is 27.1. The summed E-state index contributed by atoms with van der Waals surface area (Å²) >= 11 is 1.43. The predicted octanol–water partition coefficient (Wildman–Crippen LogP) is 5.14. The first-order chi connectivity index (χ1) is 16.7. The molecule has 0 saturated heterocycles. The highest BCUT2D eigenvalue weighted by Crippen LogP contribution is 2.61. The number of pyridine rings is 1. The molecule has 1 N–H and O–H groups in total. The van der Waals surface area contributed by atoms with Crippen molar-refractivity contribution in [2.75, 3.05) is 12.3 Å². The Hall–Kier alpha value is -2.67. The van der Waals surface area contributed by atoms with Crippen molar-refractivity contribution >= 4 is 17.7 Å². The number of rotatable bonds is 8. The van der Waals surface area contributed by atoms with Gasteiger partial charge in [0.1, 0.15) is 0 Å². The monoisotopic (exact) mass is 473 g/mol. The average molecular weight is 474 g/mol. The molecule has 6 nitrogen and oxygen atoms in total. The smallest absolute Gasteiger partial charge is 0.230 e. The van der Waals surface area contributed by atoms with Gasteiger partial charge < -0.3 is 5.32 Å². The van der Waals surface area contributed by atoms with Gasteiger partial charge in [-0.1, -0.05) is 30.0 Å². The second-order valence-corrected chi connectivity index (χ2v) is 11.5. The SMILES string of the molecule is O=C(CSc1nnc(-c2cccnc2)n1-c1ccccc1)NCCC12CC3CC(CC(C3)C1)C2. The molecule has 176 valence electrons. The molecule has 7 heteroatoms. The summed E-state index contributed by atoms with van der Waals surface area (Å²) in [6.45, 7) is 0.790. The first kappa shape index (κ1) is 21.8. The summed E-state index contributed by atoms with van der Waals surface area (Å²) in [6.07, 6.45) is 13.2. The zero-order valence-electron chi connectivity index (χ0n) is 19.4. The lowest BCUT2D eigenvalue weighted by atomic mass is 9.49. The summed E-state index contributed by atoms with van der Waals surface area (Å²) in [5.41, 5.74) is 2.36. The molecule has 34 heavy (non-hydrogen) atoms. The van der Waals surface area contributed by atoms with E-state index in [0.29, 0.717) is 16.3 Å². The van der Waals surface area contributed by atoms with Crippen molar-refractivity contribution in [3.63, 3.8) is 0 Å². The molecule has 2 aromatic heterocycles. The number of hydrogen-bond acceptors (Lipinski definition) is 5. The van der Waals surface area contributed by atoms with Crippen LogP contribution in [-0.4, -0.2) is 38.0 Å². The molecule has 2 heterocycles. The van der Waals surface area contributed by atoms with E-state index in [1.807, 2.05) is 47.0 Å². The fourth-order valence-corrected chi connectivity index (χ4v) is 7.88. The molecule has 0 radical (unpaired) electrons. The van der Waals surface area contributed by atoms with Crippen LogP contribution in [0.4, 0.5) is 0 Å². The van der Waals surface area contributed by atoms with Crippen LogP contribution >= 0.6 is 11.8 Å². The molecule has 1 amide bonds. The van der Waals surface area contributed by atoms with Gasteiger partial charge in [-0.3, -0.25) is 14.3 Å². The molecule has 7 rings (SSSR count). The van der Waals surface area contributed by atoms with Crippen LogP contribution in [0, 0.1) is 23.2 Å². The number of para-hydroxylation sites is 1. The van der Waals surface area contributed by atoms with Gasteiger partial charge in [0.15, 0.2) is 11.0 Å². The Labute approximate surface area is 205 Å². The maximum Gasteiger partial charge on any atom is 0.230 e. The quantitative estimate of drug-likeness (QED) is 0.459. The fourth-order valence-electron chi connectivity index (χ4n) is 7.10. The Balaban J connectivity index is 1.10. The summed E-state index contributed by atoms with van der Waals surface area (Å²) in [7, 11) is 0. The molecule has 4 saturated carbocycles. The van der Waals surface area contributed by atoms with E-state index >= 15 is 0 Å². The van der Waals surface area contributed by atoms with E-state index in [1.165, 1.54) is 50.3 Å². The van der Waals surface area contributed by atoms with Gasteiger partial charge in [-0.25, -0.2) is 0 Å². The Kier molecular flexibility index (Phi) is 5.89. The van der Waals surface area contributed by atoms with Crippen molar-refractivity contribution in [1.82, 2.24) is 25.1 Å². The van der Waals surface area contributed by atoms with E-state index in [0.717, 1.165) is 47.8 Å². The standard InChI is InChI=1S/C27H31N5OS/c33-24(29-10-8-27-14-19-11-20(15-27)13-21(12-19)16-27)18-34-26-31-30-25(22-5-4-9-28-17-22)32(26)23-6-2-1-3-7-23/h1-7,9,17,19-21H,8,10-16,18H2,(H,29,33). The fraction of sp³-hybridized carbons (Fsp3) is 0.481. The lowest BCUT2D eigenvalue weighted by Crippen LogP contribution is -2.47. The highest BCUT2D eigenvalue weighted by atomic mass is 32.2. The van der Waals surface area contributed by atoms with E-state index in [4.69, 9.17) is 0 Å². The van der Waals surface area contributed by atoms with Crippen molar-refractivity contribution in [2.45, 2.75) is 50.1 Å². The number of carbonyl (C=O) groups excluding carboxylic acids is 1. The van der Waals surface area contributed by atoms with Gasteiger partial charge in [-0.15, -0.1) is 10.2 Å². The van der Waals surface area contributed by atoms with E-state index < -0.39 is 0 Å². The summed E-state index contributed by atoms with van der Waals surface area (Å²) in [5.74, 6) is 3.99. The lowest BCUT2D eigenvalue weighted by Gasteiger charge is -2.57. The van der Waals surface area contributed by atoms with E-state index in [2.05, 4.69) is 20.5 Å². The molecule has 4 aliphatic rings. The zero-order chi connectivity index (χ0) is 23.0. The molecule has 4 fully saturated rings. The van der Waals surface area contributed by atoms with Crippen LogP contribution in [0.3, 0.4) is 0 Å². The third kappa shape index (κ3) is 4.38. The largest absolute Gasteiger partial charge is 0.355 e. The summed E-state index contributed by atoms with van der Waals surface area (Å²) in [6, 6.07) is 13.9. The maximum atomic E-state index is 12.7.